The average molecular weight is 384 g/mol. The Hall–Kier alpha value is -2.18. The minimum Gasteiger partial charge on any atom is -0.340 e. The van der Waals surface area contributed by atoms with Crippen LogP contribution in [0.5, 0.6) is 0 Å². The Morgan fingerprint density at radius 1 is 1.11 bits per heavy atom. The molecule has 1 atom stereocenters. The Morgan fingerprint density at radius 2 is 1.93 bits per heavy atom. The Balaban J connectivity index is 1.24. The third kappa shape index (κ3) is 4.39. The number of amides is 2. The third-order valence-electron chi connectivity index (χ3n) is 5.50. The van der Waals surface area contributed by atoms with E-state index in [2.05, 4.69) is 33.8 Å². The Labute approximate surface area is 164 Å². The largest absolute Gasteiger partial charge is 0.340 e. The molecule has 2 aromatic rings. The second kappa shape index (κ2) is 8.23. The number of para-hydroxylation sites is 1. The predicted molar refractivity (Wildman–Crippen MR) is 108 cm³/mol. The van der Waals surface area contributed by atoms with E-state index in [1.807, 2.05) is 23.1 Å². The molecule has 1 saturated heterocycles. The van der Waals surface area contributed by atoms with Crippen LogP contribution >= 0.6 is 11.3 Å². The molecular formula is C21H25N3O2S. The van der Waals surface area contributed by atoms with E-state index in [1.54, 1.807) is 11.3 Å². The summed E-state index contributed by atoms with van der Waals surface area (Å²) in [6.45, 7) is 4.37. The van der Waals surface area contributed by atoms with Crippen molar-refractivity contribution in [3.05, 3.63) is 52.2 Å². The molecule has 4 rings (SSSR count). The van der Waals surface area contributed by atoms with Gasteiger partial charge in [0.25, 0.3) is 0 Å². The van der Waals surface area contributed by atoms with Crippen molar-refractivity contribution in [1.82, 2.24) is 9.80 Å². The van der Waals surface area contributed by atoms with Crippen molar-refractivity contribution >= 4 is 28.8 Å². The van der Waals surface area contributed by atoms with Crippen LogP contribution in [0.3, 0.4) is 0 Å². The van der Waals surface area contributed by atoms with Gasteiger partial charge in [-0.05, 0) is 35.9 Å². The van der Waals surface area contributed by atoms with Gasteiger partial charge in [-0.25, -0.2) is 0 Å². The first-order chi connectivity index (χ1) is 13.2. The Kier molecular flexibility index (Phi) is 5.55. The monoisotopic (exact) mass is 383 g/mol. The molecule has 0 spiro atoms. The number of benzene rings is 1. The summed E-state index contributed by atoms with van der Waals surface area (Å²) in [6.07, 6.45) is 1.80. The molecular weight excluding hydrogens is 358 g/mol. The van der Waals surface area contributed by atoms with Crippen LogP contribution < -0.4 is 5.32 Å². The van der Waals surface area contributed by atoms with Gasteiger partial charge >= 0.3 is 0 Å². The van der Waals surface area contributed by atoms with Crippen LogP contribution in [-0.4, -0.2) is 47.8 Å². The van der Waals surface area contributed by atoms with Gasteiger partial charge in [0.05, 0.1) is 0 Å². The van der Waals surface area contributed by atoms with E-state index in [0.717, 1.165) is 50.4 Å². The van der Waals surface area contributed by atoms with E-state index in [-0.39, 0.29) is 17.7 Å². The number of fused-ring (bicyclic) bond motifs is 1. The van der Waals surface area contributed by atoms with Crippen LogP contribution in [0.4, 0.5) is 5.69 Å². The van der Waals surface area contributed by atoms with Crippen LogP contribution in [-0.2, 0) is 22.6 Å². The average Bonchev–Trinajstić information content (AvgIpc) is 3.19. The summed E-state index contributed by atoms with van der Waals surface area (Å²) in [6, 6.07) is 12.2. The Bertz CT molecular complexity index is 798. The second-order valence-corrected chi connectivity index (χ2v) is 8.35. The zero-order valence-corrected chi connectivity index (χ0v) is 16.2. The minimum atomic E-state index is -0.107. The third-order valence-corrected chi connectivity index (χ3v) is 6.36. The lowest BCUT2D eigenvalue weighted by molar-refractivity contribution is -0.133. The maximum absolute atomic E-state index is 12.6. The highest BCUT2D eigenvalue weighted by Gasteiger charge is 2.28. The number of hydrogen-bond donors (Lipinski definition) is 1. The number of piperazine rings is 1. The van der Waals surface area contributed by atoms with Crippen LogP contribution in [0.25, 0.3) is 0 Å². The first kappa shape index (κ1) is 18.2. The number of thiophene rings is 1. The topological polar surface area (TPSA) is 52.7 Å². The van der Waals surface area contributed by atoms with Gasteiger partial charge in [-0.3, -0.25) is 14.5 Å². The van der Waals surface area contributed by atoms with E-state index in [0.29, 0.717) is 12.8 Å². The quantitative estimate of drug-likeness (QED) is 0.864. The van der Waals surface area contributed by atoms with E-state index in [4.69, 9.17) is 0 Å². The lowest BCUT2D eigenvalue weighted by Crippen LogP contribution is -2.48. The van der Waals surface area contributed by atoms with Gasteiger partial charge in [0.15, 0.2) is 0 Å². The molecule has 0 aliphatic carbocycles. The zero-order chi connectivity index (χ0) is 18.6. The number of rotatable bonds is 5. The smallest absolute Gasteiger partial charge is 0.227 e. The normalized spacial score (nSPS) is 20.2. The van der Waals surface area contributed by atoms with Gasteiger partial charge in [-0.1, -0.05) is 24.3 Å². The fraction of sp³-hybridized carbons (Fsp3) is 0.429. The molecule has 3 heterocycles. The van der Waals surface area contributed by atoms with E-state index in [9.17, 15) is 9.59 Å². The van der Waals surface area contributed by atoms with Gasteiger partial charge in [0, 0.05) is 55.6 Å². The summed E-state index contributed by atoms with van der Waals surface area (Å²) in [4.78, 5) is 30.6. The molecule has 2 aliphatic rings. The maximum Gasteiger partial charge on any atom is 0.227 e. The molecule has 27 heavy (non-hydrogen) atoms. The van der Waals surface area contributed by atoms with Gasteiger partial charge in [0.2, 0.25) is 11.8 Å². The summed E-state index contributed by atoms with van der Waals surface area (Å²) >= 11 is 1.78. The fourth-order valence-corrected chi connectivity index (χ4v) is 4.63. The molecule has 0 radical (unpaired) electrons. The van der Waals surface area contributed by atoms with Crippen molar-refractivity contribution in [2.24, 2.45) is 5.92 Å². The van der Waals surface area contributed by atoms with Gasteiger partial charge in [-0.2, -0.15) is 0 Å². The van der Waals surface area contributed by atoms with Gasteiger partial charge in [0.1, 0.15) is 0 Å². The molecule has 2 aliphatic heterocycles. The summed E-state index contributed by atoms with van der Waals surface area (Å²) in [7, 11) is 0. The summed E-state index contributed by atoms with van der Waals surface area (Å²) < 4.78 is 0. The highest BCUT2D eigenvalue weighted by Crippen LogP contribution is 2.27. The van der Waals surface area contributed by atoms with E-state index in [1.165, 1.54) is 4.88 Å². The minimum absolute atomic E-state index is 0.0438. The fourth-order valence-electron chi connectivity index (χ4n) is 3.88. The van der Waals surface area contributed by atoms with E-state index >= 15 is 0 Å². The molecule has 1 aromatic heterocycles. The molecule has 1 unspecified atom stereocenters. The second-order valence-electron chi connectivity index (χ2n) is 7.32. The lowest BCUT2D eigenvalue weighted by Gasteiger charge is -2.35. The van der Waals surface area contributed by atoms with Crippen molar-refractivity contribution < 1.29 is 9.59 Å². The molecule has 1 fully saturated rings. The first-order valence-corrected chi connectivity index (χ1v) is 10.5. The number of anilines is 1. The highest BCUT2D eigenvalue weighted by atomic mass is 32.1. The number of nitrogens with zero attached hydrogens (tertiary/aromatic N) is 2. The molecule has 0 bridgehead atoms. The Morgan fingerprint density at radius 3 is 2.70 bits per heavy atom. The van der Waals surface area contributed by atoms with Crippen LogP contribution in [0.1, 0.15) is 23.3 Å². The lowest BCUT2D eigenvalue weighted by atomic mass is 9.89. The number of hydrogen-bond acceptors (Lipinski definition) is 4. The summed E-state index contributed by atoms with van der Waals surface area (Å²) in [5, 5.41) is 5.08. The number of carbonyl (C=O) groups is 2. The first-order valence-electron chi connectivity index (χ1n) is 9.60. The number of nitrogens with one attached hydrogen (secondary N) is 1. The van der Waals surface area contributed by atoms with Crippen LogP contribution in [0.15, 0.2) is 41.8 Å². The van der Waals surface area contributed by atoms with Crippen molar-refractivity contribution in [3.8, 4) is 0 Å². The molecule has 0 saturated carbocycles. The van der Waals surface area contributed by atoms with Crippen molar-refractivity contribution in [3.63, 3.8) is 0 Å². The predicted octanol–water partition coefficient (Wildman–Crippen LogP) is 2.98. The molecule has 1 aromatic carbocycles. The molecule has 2 amide bonds. The molecule has 1 N–H and O–H groups in total. The summed E-state index contributed by atoms with van der Waals surface area (Å²) in [5.74, 6) is 0.115. The van der Waals surface area contributed by atoms with E-state index < -0.39 is 0 Å². The van der Waals surface area contributed by atoms with Gasteiger partial charge < -0.3 is 10.2 Å². The highest BCUT2D eigenvalue weighted by molar-refractivity contribution is 7.09. The zero-order valence-electron chi connectivity index (χ0n) is 15.4. The van der Waals surface area contributed by atoms with Crippen LogP contribution in [0, 0.1) is 5.92 Å². The summed E-state index contributed by atoms with van der Waals surface area (Å²) in [5.41, 5.74) is 2.07. The molecule has 142 valence electrons. The maximum atomic E-state index is 12.6. The molecule has 6 heteroatoms. The van der Waals surface area contributed by atoms with Crippen molar-refractivity contribution in [2.45, 2.75) is 25.8 Å². The van der Waals surface area contributed by atoms with Gasteiger partial charge in [-0.15, -0.1) is 11.3 Å². The van der Waals surface area contributed by atoms with Crippen molar-refractivity contribution in [2.75, 3.05) is 31.5 Å². The number of carbonyl (C=O) groups excluding carboxylic acids is 2. The van der Waals surface area contributed by atoms with Crippen LogP contribution in [0.2, 0.25) is 0 Å². The van der Waals surface area contributed by atoms with Crippen molar-refractivity contribution in [1.29, 1.82) is 0 Å². The SMILES string of the molecule is O=C1Nc2ccccc2CC1CCC(=O)N1CCN(Cc2cccs2)CC1. The molecule has 5 nitrogen and oxygen atoms in total. The standard InChI is InChI=1S/C21H25N3O2S/c25-20(24-11-9-23(10-12-24)15-18-5-3-13-27-18)8-7-17-14-16-4-1-2-6-19(16)22-21(17)26/h1-6,13,17H,7-12,14-15H2,(H,22,26).